The number of carbonyl (C=O) groups excluding carboxylic acids is 3. The number of methoxy groups -OCH3 is 3. The average molecular weight is 818 g/mol. The number of anilines is 3. The van der Waals surface area contributed by atoms with Gasteiger partial charge in [0.25, 0.3) is 0 Å². The van der Waals surface area contributed by atoms with Crippen LogP contribution in [0.1, 0.15) is 52.8 Å². The van der Waals surface area contributed by atoms with E-state index in [0.717, 1.165) is 10.8 Å². The Kier molecular flexibility index (Phi) is 10.4. The second kappa shape index (κ2) is 16.1. The molecule has 304 valence electrons. The summed E-state index contributed by atoms with van der Waals surface area (Å²) in [6, 6.07) is 27.8. The van der Waals surface area contributed by atoms with E-state index in [9.17, 15) is 29.1 Å². The zero-order valence-corrected chi connectivity index (χ0v) is 32.8. The highest BCUT2D eigenvalue weighted by atomic mass is 16.5. The minimum atomic E-state index is -1.23. The van der Waals surface area contributed by atoms with Crippen LogP contribution in [0.5, 0.6) is 0 Å². The highest BCUT2D eigenvalue weighted by Crippen LogP contribution is 2.45. The van der Waals surface area contributed by atoms with Crippen LogP contribution in [-0.2, 0) is 27.3 Å². The molecule has 2 aromatic heterocycles. The number of nitrogens with one attached hydrogen (secondary N) is 2. The van der Waals surface area contributed by atoms with Gasteiger partial charge in [-0.2, -0.15) is 0 Å². The summed E-state index contributed by atoms with van der Waals surface area (Å²) in [7, 11) is 3.76. The number of hydrogen-bond donors (Lipinski definition) is 4. The second-order valence-corrected chi connectivity index (χ2v) is 13.8. The van der Waals surface area contributed by atoms with Crippen LogP contribution in [0.15, 0.2) is 112 Å². The van der Waals surface area contributed by atoms with Gasteiger partial charge >= 0.3 is 23.9 Å². The van der Waals surface area contributed by atoms with Crippen molar-refractivity contribution < 1.29 is 42.9 Å². The summed E-state index contributed by atoms with van der Waals surface area (Å²) in [6.45, 7) is -0.0399. The van der Waals surface area contributed by atoms with Crippen LogP contribution in [0, 0.1) is 0 Å². The molecule has 1 aliphatic heterocycles. The van der Waals surface area contributed by atoms with Gasteiger partial charge in [-0.05, 0) is 72.3 Å². The molecule has 6 aromatic rings. The van der Waals surface area contributed by atoms with Crippen molar-refractivity contribution in [1.82, 2.24) is 9.97 Å². The van der Waals surface area contributed by atoms with Gasteiger partial charge < -0.3 is 40.1 Å². The SMILES string of the molecule is COC(=O)c1ccc2cccc(NCc3c4oc5c(CNc6cccc7ccc(C(=O)OC)nc67)c(N)ccc5c(-c5cc(C(=O)O)ccc5C(=O)OC)c-4ccc3=O)c2n1. The highest BCUT2D eigenvalue weighted by Gasteiger charge is 2.28. The van der Waals surface area contributed by atoms with Crippen molar-refractivity contribution in [2.45, 2.75) is 13.1 Å². The zero-order chi connectivity index (χ0) is 42.9. The Labute approximate surface area is 346 Å². The first-order chi connectivity index (χ1) is 29.5. The maximum absolute atomic E-state index is 13.9. The number of carbonyl (C=O) groups is 4. The lowest BCUT2D eigenvalue weighted by Crippen LogP contribution is -2.16. The molecule has 0 radical (unpaired) electrons. The van der Waals surface area contributed by atoms with Gasteiger partial charge in [-0.1, -0.05) is 36.4 Å². The minimum Gasteiger partial charge on any atom is -0.478 e. The molecule has 2 aliphatic rings. The van der Waals surface area contributed by atoms with Crippen LogP contribution in [0.4, 0.5) is 17.1 Å². The van der Waals surface area contributed by atoms with Crippen molar-refractivity contribution in [2.75, 3.05) is 37.7 Å². The van der Waals surface area contributed by atoms with E-state index in [2.05, 4.69) is 20.6 Å². The first-order valence-electron chi connectivity index (χ1n) is 18.7. The number of carboxylic acid groups (broad SMARTS) is 1. The third-order valence-electron chi connectivity index (χ3n) is 10.3. The molecule has 4 aromatic carbocycles. The third-order valence-corrected chi connectivity index (χ3v) is 10.3. The Bertz CT molecular complexity index is 3140. The molecule has 0 saturated carbocycles. The number of nitrogens with zero attached hydrogens (tertiary/aromatic N) is 2. The molecule has 0 saturated heterocycles. The summed E-state index contributed by atoms with van der Waals surface area (Å²) in [4.78, 5) is 73.5. The maximum Gasteiger partial charge on any atom is 0.356 e. The van der Waals surface area contributed by atoms with Crippen LogP contribution in [-0.4, -0.2) is 60.3 Å². The summed E-state index contributed by atoms with van der Waals surface area (Å²) in [6.07, 6.45) is 0. The topological polar surface area (TPSA) is 222 Å². The van der Waals surface area contributed by atoms with E-state index in [1.54, 1.807) is 60.7 Å². The number of pyridine rings is 2. The number of esters is 3. The molecule has 0 atom stereocenters. The number of aromatic nitrogens is 2. The predicted molar refractivity (Wildman–Crippen MR) is 228 cm³/mol. The second-order valence-electron chi connectivity index (χ2n) is 13.8. The highest BCUT2D eigenvalue weighted by molar-refractivity contribution is 6.10. The molecule has 0 fully saturated rings. The van der Waals surface area contributed by atoms with Crippen molar-refractivity contribution in [2.24, 2.45) is 0 Å². The average Bonchev–Trinajstić information content (AvgIpc) is 3.28. The molecule has 0 amide bonds. The molecule has 8 rings (SSSR count). The number of fused-ring (bicyclic) bond motifs is 4. The van der Waals surface area contributed by atoms with Gasteiger partial charge in [-0.15, -0.1) is 0 Å². The largest absolute Gasteiger partial charge is 0.478 e. The lowest BCUT2D eigenvalue weighted by Gasteiger charge is -2.22. The molecule has 1 aliphatic carbocycles. The predicted octanol–water partition coefficient (Wildman–Crippen LogP) is 7.53. The van der Waals surface area contributed by atoms with Crippen molar-refractivity contribution in [1.29, 1.82) is 0 Å². The normalized spacial score (nSPS) is 11.1. The van der Waals surface area contributed by atoms with E-state index in [-0.39, 0.29) is 58.1 Å². The summed E-state index contributed by atoms with van der Waals surface area (Å²) >= 11 is 0. The van der Waals surface area contributed by atoms with E-state index >= 15 is 0 Å². The monoisotopic (exact) mass is 817 g/mol. The van der Waals surface area contributed by atoms with Crippen LogP contribution in [0.2, 0.25) is 0 Å². The number of carboxylic acids is 1. The number of hydrogen-bond acceptors (Lipinski definition) is 14. The lowest BCUT2D eigenvalue weighted by molar-refractivity contribution is 0.0586. The fourth-order valence-corrected chi connectivity index (χ4v) is 7.32. The number of aromatic carboxylic acids is 1. The number of benzene rings is 5. The number of rotatable bonds is 11. The van der Waals surface area contributed by atoms with Crippen molar-refractivity contribution in [3.63, 3.8) is 0 Å². The molecule has 0 bridgehead atoms. The standard InChI is InChI=1S/C46H35N5O10/c1-58-44(55)26-13-10-25(43(53)54)20-29(26)38-27-14-16-32(47)30(21-48-33-8-4-6-23-11-17-35(45(56)59-2)50-39(23)33)41(27)61-42-28(38)15-19-37(52)31(42)22-49-34-9-5-7-24-12-18-36(46(57)60-3)51-40(24)34/h4-20,48-49H,21-22,47H2,1-3H3,(H,53,54). The van der Waals surface area contributed by atoms with Crippen LogP contribution in [0.3, 0.4) is 0 Å². The fourth-order valence-electron chi connectivity index (χ4n) is 7.32. The first-order valence-corrected chi connectivity index (χ1v) is 18.7. The Morgan fingerprint density at radius 1 is 0.672 bits per heavy atom. The van der Waals surface area contributed by atoms with Crippen molar-refractivity contribution in [3.8, 4) is 22.5 Å². The van der Waals surface area contributed by atoms with Crippen LogP contribution in [0.25, 0.3) is 55.2 Å². The number of para-hydroxylation sites is 2. The van der Waals surface area contributed by atoms with Gasteiger partial charge in [-0.25, -0.2) is 29.1 Å². The fraction of sp³-hybridized carbons (Fsp3) is 0.109. The van der Waals surface area contributed by atoms with Gasteiger partial charge in [0.1, 0.15) is 22.7 Å². The van der Waals surface area contributed by atoms with Gasteiger partial charge in [0.15, 0.2) is 5.43 Å². The molecule has 3 heterocycles. The molecular formula is C46H35N5O10. The number of ether oxygens (including phenoxy) is 3. The van der Waals surface area contributed by atoms with E-state index in [1.165, 1.54) is 45.6 Å². The Morgan fingerprint density at radius 2 is 1.26 bits per heavy atom. The summed E-state index contributed by atoms with van der Waals surface area (Å²) in [5, 5.41) is 18.7. The van der Waals surface area contributed by atoms with Gasteiger partial charge in [0.2, 0.25) is 0 Å². The van der Waals surface area contributed by atoms with Crippen LogP contribution < -0.4 is 21.8 Å². The number of nitrogen functional groups attached to an aromatic ring is 1. The van der Waals surface area contributed by atoms with E-state index < -0.39 is 29.3 Å². The maximum atomic E-state index is 13.9. The zero-order valence-electron chi connectivity index (χ0n) is 32.8. The summed E-state index contributed by atoms with van der Waals surface area (Å²) in [5.41, 5.74) is 10.7. The Morgan fingerprint density at radius 3 is 1.84 bits per heavy atom. The van der Waals surface area contributed by atoms with E-state index in [4.69, 9.17) is 24.4 Å². The lowest BCUT2D eigenvalue weighted by atomic mass is 9.87. The number of nitrogens with two attached hydrogens (primary N) is 1. The quantitative estimate of drug-likeness (QED) is 0.0429. The smallest absolute Gasteiger partial charge is 0.356 e. The van der Waals surface area contributed by atoms with Gasteiger partial charge in [-0.3, -0.25) is 4.79 Å². The molecular weight excluding hydrogens is 783 g/mol. The van der Waals surface area contributed by atoms with Gasteiger partial charge in [0.05, 0.1) is 60.4 Å². The van der Waals surface area contributed by atoms with Gasteiger partial charge in [0, 0.05) is 51.6 Å². The Hall–Kier alpha value is -8.33. The van der Waals surface area contributed by atoms with Crippen LogP contribution >= 0.6 is 0 Å². The van der Waals surface area contributed by atoms with Crippen molar-refractivity contribution >= 4 is 73.7 Å². The van der Waals surface area contributed by atoms with E-state index in [1.807, 2.05) is 18.2 Å². The minimum absolute atomic E-state index is 0.0503. The third kappa shape index (κ3) is 7.24. The molecule has 0 unspecified atom stereocenters. The molecule has 0 spiro atoms. The molecule has 5 N–H and O–H groups in total. The summed E-state index contributed by atoms with van der Waals surface area (Å²) in [5.74, 6) is -3.04. The van der Waals surface area contributed by atoms with E-state index in [0.29, 0.717) is 50.2 Å². The first kappa shape index (κ1) is 39.5. The Balaban J connectivity index is 1.34. The molecule has 61 heavy (non-hydrogen) atoms. The molecule has 15 heteroatoms. The molecule has 15 nitrogen and oxygen atoms in total. The summed E-state index contributed by atoms with van der Waals surface area (Å²) < 4.78 is 21.7. The van der Waals surface area contributed by atoms with Crippen molar-refractivity contribution in [3.05, 3.63) is 147 Å².